The number of carbonyl (C=O) groups is 1. The van der Waals surface area contributed by atoms with Crippen LogP contribution >= 0.6 is 50.7 Å². The van der Waals surface area contributed by atoms with Gasteiger partial charge in [0.15, 0.2) is 11.5 Å². The van der Waals surface area contributed by atoms with Gasteiger partial charge in [0, 0.05) is 19.4 Å². The van der Waals surface area contributed by atoms with Crippen molar-refractivity contribution in [3.05, 3.63) is 61.4 Å². The van der Waals surface area contributed by atoms with E-state index in [2.05, 4.69) is 31.4 Å². The number of aromatic nitrogens is 4. The van der Waals surface area contributed by atoms with Gasteiger partial charge in [-0.3, -0.25) is 14.2 Å². The monoisotopic (exact) mass is 461 g/mol. The normalized spacial score (nSPS) is 10.9. The van der Waals surface area contributed by atoms with E-state index in [1.165, 1.54) is 4.68 Å². The van der Waals surface area contributed by atoms with Crippen LogP contribution in [0.5, 0.6) is 0 Å². The van der Waals surface area contributed by atoms with Gasteiger partial charge in [0.05, 0.1) is 26.1 Å². The van der Waals surface area contributed by atoms with Crippen molar-refractivity contribution in [3.63, 3.8) is 0 Å². The zero-order valence-corrected chi connectivity index (χ0v) is 16.7. The first-order chi connectivity index (χ1) is 11.8. The van der Waals surface area contributed by atoms with Gasteiger partial charge in [-0.05, 0) is 33.6 Å². The summed E-state index contributed by atoms with van der Waals surface area (Å²) in [5.74, 6) is -0.0714. The Bertz CT molecular complexity index is 953. The molecule has 0 atom stereocenters. The summed E-state index contributed by atoms with van der Waals surface area (Å²) in [5, 5.41) is 12.3. The molecule has 0 unspecified atom stereocenters. The van der Waals surface area contributed by atoms with Gasteiger partial charge in [-0.1, -0.05) is 40.9 Å². The van der Waals surface area contributed by atoms with Gasteiger partial charge >= 0.3 is 0 Å². The van der Waals surface area contributed by atoms with E-state index in [1.54, 1.807) is 36.3 Å². The SMILES string of the molecule is Cn1cc(Cl)c(C(=O)Nc2nn(Cc3ccc(Cl)c(Cl)c3)cc2Br)n1. The van der Waals surface area contributed by atoms with Crippen LogP contribution in [-0.2, 0) is 13.6 Å². The lowest BCUT2D eigenvalue weighted by molar-refractivity contribution is 0.102. The van der Waals surface area contributed by atoms with E-state index >= 15 is 0 Å². The molecule has 0 saturated heterocycles. The van der Waals surface area contributed by atoms with Crippen molar-refractivity contribution in [2.75, 3.05) is 5.32 Å². The highest BCUT2D eigenvalue weighted by molar-refractivity contribution is 9.10. The molecule has 1 amide bonds. The maximum atomic E-state index is 12.3. The lowest BCUT2D eigenvalue weighted by Gasteiger charge is -2.04. The Morgan fingerprint density at radius 3 is 2.56 bits per heavy atom. The minimum absolute atomic E-state index is 0.134. The van der Waals surface area contributed by atoms with Gasteiger partial charge in [-0.15, -0.1) is 0 Å². The van der Waals surface area contributed by atoms with Crippen molar-refractivity contribution < 1.29 is 4.79 Å². The quantitative estimate of drug-likeness (QED) is 0.613. The standard InChI is InChI=1S/C15H11BrCl3N5O/c1-23-7-12(19)13(21-23)15(25)20-14-9(16)6-24(22-14)5-8-2-3-10(17)11(18)4-8/h2-4,6-7H,5H2,1H3,(H,20,22,25). The molecule has 2 aromatic heterocycles. The van der Waals surface area contributed by atoms with Crippen LogP contribution in [0.2, 0.25) is 15.1 Å². The van der Waals surface area contributed by atoms with E-state index in [9.17, 15) is 4.79 Å². The maximum absolute atomic E-state index is 12.3. The van der Waals surface area contributed by atoms with Crippen molar-refractivity contribution in [1.82, 2.24) is 19.6 Å². The number of nitrogens with one attached hydrogen (secondary N) is 1. The molecule has 0 spiro atoms. The molecule has 0 aliphatic heterocycles. The van der Waals surface area contributed by atoms with Crippen molar-refractivity contribution in [1.29, 1.82) is 0 Å². The molecule has 6 nitrogen and oxygen atoms in total. The first-order valence-electron chi connectivity index (χ1n) is 7.01. The van der Waals surface area contributed by atoms with Gasteiger partial charge in [0.2, 0.25) is 0 Å². The predicted octanol–water partition coefficient (Wildman–Crippen LogP) is 4.64. The van der Waals surface area contributed by atoms with Crippen molar-refractivity contribution >= 4 is 62.5 Å². The molecule has 1 aromatic carbocycles. The van der Waals surface area contributed by atoms with Crippen LogP contribution < -0.4 is 5.32 Å². The number of halogens is 4. The number of carbonyl (C=O) groups excluding carboxylic acids is 1. The molecule has 10 heteroatoms. The minimum Gasteiger partial charge on any atom is -0.303 e. The third-order valence-corrected chi connectivity index (χ3v) is 4.87. The van der Waals surface area contributed by atoms with Crippen LogP contribution in [0, 0.1) is 0 Å². The topological polar surface area (TPSA) is 64.7 Å². The number of amides is 1. The van der Waals surface area contributed by atoms with Crippen LogP contribution in [0.25, 0.3) is 0 Å². The Balaban J connectivity index is 1.77. The Kier molecular flexibility index (Phi) is 5.38. The number of hydrogen-bond donors (Lipinski definition) is 1. The largest absolute Gasteiger partial charge is 0.303 e. The molecule has 2 heterocycles. The first kappa shape index (κ1) is 18.3. The Labute approximate surface area is 166 Å². The van der Waals surface area contributed by atoms with Crippen LogP contribution in [-0.4, -0.2) is 25.5 Å². The second-order valence-electron chi connectivity index (χ2n) is 5.23. The van der Waals surface area contributed by atoms with Crippen LogP contribution in [0.1, 0.15) is 16.1 Å². The summed E-state index contributed by atoms with van der Waals surface area (Å²) in [7, 11) is 1.69. The first-order valence-corrected chi connectivity index (χ1v) is 8.93. The fourth-order valence-corrected chi connectivity index (χ4v) is 3.17. The lowest BCUT2D eigenvalue weighted by Crippen LogP contribution is -2.14. The summed E-state index contributed by atoms with van der Waals surface area (Å²) in [4.78, 5) is 12.3. The van der Waals surface area contributed by atoms with Gasteiger partial charge in [-0.25, -0.2) is 0 Å². The van der Waals surface area contributed by atoms with Crippen LogP contribution in [0.4, 0.5) is 5.82 Å². The molecule has 0 aliphatic rings. The van der Waals surface area contributed by atoms with E-state index in [0.717, 1.165) is 5.56 Å². The predicted molar refractivity (Wildman–Crippen MR) is 102 cm³/mol. The maximum Gasteiger partial charge on any atom is 0.278 e. The second kappa shape index (κ2) is 7.37. The van der Waals surface area contributed by atoms with Crippen molar-refractivity contribution in [3.8, 4) is 0 Å². The van der Waals surface area contributed by atoms with Crippen LogP contribution in [0.15, 0.2) is 35.1 Å². The number of aryl methyl sites for hydroxylation is 1. The highest BCUT2D eigenvalue weighted by atomic mass is 79.9. The third kappa shape index (κ3) is 4.17. The van der Waals surface area contributed by atoms with Gasteiger partial charge < -0.3 is 5.32 Å². The molecular weight excluding hydrogens is 452 g/mol. The molecule has 130 valence electrons. The highest BCUT2D eigenvalue weighted by Crippen LogP contribution is 2.25. The van der Waals surface area contributed by atoms with E-state index in [1.807, 2.05) is 6.07 Å². The Morgan fingerprint density at radius 2 is 1.92 bits per heavy atom. The van der Waals surface area contributed by atoms with Crippen LogP contribution in [0.3, 0.4) is 0 Å². The molecule has 0 aliphatic carbocycles. The molecule has 0 fully saturated rings. The molecule has 25 heavy (non-hydrogen) atoms. The molecule has 0 bridgehead atoms. The summed E-state index contributed by atoms with van der Waals surface area (Å²) >= 11 is 21.3. The number of hydrogen-bond acceptors (Lipinski definition) is 3. The smallest absolute Gasteiger partial charge is 0.278 e. The van der Waals surface area contributed by atoms with Gasteiger partial charge in [0.1, 0.15) is 0 Å². The average Bonchev–Trinajstić information content (AvgIpc) is 3.05. The van der Waals surface area contributed by atoms with E-state index in [-0.39, 0.29) is 10.7 Å². The molecule has 1 N–H and O–H groups in total. The summed E-state index contributed by atoms with van der Waals surface area (Å²) < 4.78 is 3.77. The Hall–Kier alpha value is -1.54. The van der Waals surface area contributed by atoms with Crippen molar-refractivity contribution in [2.24, 2.45) is 7.05 Å². The third-order valence-electron chi connectivity index (χ3n) is 3.28. The minimum atomic E-state index is -0.439. The highest BCUT2D eigenvalue weighted by Gasteiger charge is 2.18. The molecule has 0 saturated carbocycles. The van der Waals surface area contributed by atoms with Gasteiger partial charge in [0.25, 0.3) is 5.91 Å². The summed E-state index contributed by atoms with van der Waals surface area (Å²) in [5.41, 5.74) is 1.06. The van der Waals surface area contributed by atoms with E-state index in [4.69, 9.17) is 34.8 Å². The number of rotatable bonds is 4. The fourth-order valence-electron chi connectivity index (χ4n) is 2.17. The summed E-state index contributed by atoms with van der Waals surface area (Å²) in [6.45, 7) is 0.468. The molecule has 3 rings (SSSR count). The molecular formula is C15H11BrCl3N5O. The van der Waals surface area contributed by atoms with Gasteiger partial charge in [-0.2, -0.15) is 10.2 Å². The summed E-state index contributed by atoms with van der Waals surface area (Å²) in [6, 6.07) is 5.35. The molecule has 0 radical (unpaired) electrons. The number of benzene rings is 1. The summed E-state index contributed by atoms with van der Waals surface area (Å²) in [6.07, 6.45) is 3.30. The Morgan fingerprint density at radius 1 is 1.16 bits per heavy atom. The average molecular weight is 464 g/mol. The van der Waals surface area contributed by atoms with E-state index in [0.29, 0.717) is 26.9 Å². The number of anilines is 1. The fraction of sp³-hybridized carbons (Fsp3) is 0.133. The second-order valence-corrected chi connectivity index (χ2v) is 7.30. The van der Waals surface area contributed by atoms with E-state index < -0.39 is 5.91 Å². The zero-order valence-electron chi connectivity index (χ0n) is 12.8. The molecule has 3 aromatic rings. The number of nitrogens with zero attached hydrogens (tertiary/aromatic N) is 4. The van der Waals surface area contributed by atoms with Crippen molar-refractivity contribution in [2.45, 2.75) is 6.54 Å². The zero-order chi connectivity index (χ0) is 18.1. The lowest BCUT2D eigenvalue weighted by atomic mass is 10.2.